The van der Waals surface area contributed by atoms with Crippen molar-refractivity contribution < 1.29 is 23.8 Å². The second kappa shape index (κ2) is 17.3. The van der Waals surface area contributed by atoms with E-state index in [2.05, 4.69) is 6.92 Å². The van der Waals surface area contributed by atoms with Gasteiger partial charge in [-0.05, 0) is 72.6 Å². The Morgan fingerprint density at radius 3 is 1.72 bits per heavy atom. The van der Waals surface area contributed by atoms with Crippen molar-refractivity contribution in [2.24, 2.45) is 0 Å². The first kappa shape index (κ1) is 30.2. The summed E-state index contributed by atoms with van der Waals surface area (Å²) >= 11 is 5.87. The number of ether oxygens (including phenoxy) is 3. The fourth-order valence-corrected chi connectivity index (χ4v) is 4.23. The Morgan fingerprint density at radius 2 is 1.13 bits per heavy atom. The molecule has 5 nitrogen and oxygen atoms in total. The van der Waals surface area contributed by atoms with Crippen LogP contribution in [0, 0.1) is 0 Å². The van der Waals surface area contributed by atoms with Crippen molar-refractivity contribution >= 4 is 23.5 Å². The molecule has 3 aromatic carbocycles. The summed E-state index contributed by atoms with van der Waals surface area (Å²) in [5.41, 5.74) is 1.63. The maximum absolute atomic E-state index is 12.5. The topological polar surface area (TPSA) is 61.8 Å². The van der Waals surface area contributed by atoms with Crippen molar-refractivity contribution in [3.8, 4) is 11.5 Å². The molecule has 0 aliphatic rings. The van der Waals surface area contributed by atoms with Gasteiger partial charge in [-0.3, -0.25) is 0 Å². The van der Waals surface area contributed by atoms with Gasteiger partial charge in [0.05, 0.1) is 17.7 Å². The van der Waals surface area contributed by atoms with Gasteiger partial charge in [0, 0.05) is 5.02 Å². The molecule has 3 rings (SSSR count). The summed E-state index contributed by atoms with van der Waals surface area (Å²) < 4.78 is 16.6. The Bertz CT molecular complexity index is 1120. The first-order valence-corrected chi connectivity index (χ1v) is 14.4. The van der Waals surface area contributed by atoms with Crippen LogP contribution in [0.15, 0.2) is 72.8 Å². The molecule has 0 aliphatic heterocycles. The van der Waals surface area contributed by atoms with E-state index < -0.39 is 11.9 Å². The van der Waals surface area contributed by atoms with Crippen molar-refractivity contribution in [2.75, 3.05) is 6.61 Å². The van der Waals surface area contributed by atoms with E-state index in [4.69, 9.17) is 25.8 Å². The quantitative estimate of drug-likeness (QED) is 0.0951. The van der Waals surface area contributed by atoms with Gasteiger partial charge in [0.15, 0.2) is 0 Å². The molecule has 0 N–H and O–H groups in total. The summed E-state index contributed by atoms with van der Waals surface area (Å²) in [5, 5.41) is 0.624. The first-order valence-electron chi connectivity index (χ1n) is 14.0. The van der Waals surface area contributed by atoms with E-state index in [-0.39, 0.29) is 6.61 Å². The maximum atomic E-state index is 12.5. The highest BCUT2D eigenvalue weighted by Gasteiger charge is 2.11. The van der Waals surface area contributed by atoms with E-state index in [0.717, 1.165) is 17.7 Å². The molecule has 0 saturated heterocycles. The Labute approximate surface area is 237 Å². The second-order valence-electron chi connectivity index (χ2n) is 9.67. The first-order chi connectivity index (χ1) is 19.0. The zero-order valence-corrected chi connectivity index (χ0v) is 23.6. The van der Waals surface area contributed by atoms with Gasteiger partial charge in [-0.2, -0.15) is 0 Å². The number of carbonyl (C=O) groups excluding carboxylic acids is 2. The standard InChI is InChI=1S/C33H39ClO5/c1-2-3-4-5-6-7-8-9-10-11-24-37-30-20-14-28(15-21-30)33(36)39-31-22-16-27(17-23-31)32(35)38-25-26-12-18-29(34)19-13-26/h12-23H,2-11,24-25H2,1H3. The van der Waals surface area contributed by atoms with Gasteiger partial charge in [-0.15, -0.1) is 0 Å². The number of esters is 2. The van der Waals surface area contributed by atoms with Crippen LogP contribution in [0.1, 0.15) is 97.4 Å². The molecule has 0 atom stereocenters. The molecule has 208 valence electrons. The minimum absolute atomic E-state index is 0.145. The smallest absolute Gasteiger partial charge is 0.343 e. The van der Waals surface area contributed by atoms with Gasteiger partial charge in [-0.1, -0.05) is 88.4 Å². The predicted octanol–water partition coefficient (Wildman–Crippen LogP) is 9.22. The van der Waals surface area contributed by atoms with Crippen LogP contribution in [0.4, 0.5) is 0 Å². The predicted molar refractivity (Wildman–Crippen MR) is 156 cm³/mol. The van der Waals surface area contributed by atoms with Gasteiger partial charge >= 0.3 is 11.9 Å². The molecule has 0 amide bonds. The molecule has 39 heavy (non-hydrogen) atoms. The Kier molecular flexibility index (Phi) is 13.4. The highest BCUT2D eigenvalue weighted by atomic mass is 35.5. The number of hydrogen-bond acceptors (Lipinski definition) is 5. The molecule has 6 heteroatoms. The fourth-order valence-electron chi connectivity index (χ4n) is 4.10. The monoisotopic (exact) mass is 550 g/mol. The number of halogens is 1. The molecule has 0 aliphatic carbocycles. The molecule has 0 fully saturated rings. The van der Waals surface area contributed by atoms with Crippen molar-refractivity contribution in [1.82, 2.24) is 0 Å². The SMILES string of the molecule is CCCCCCCCCCCCOc1ccc(C(=O)Oc2ccc(C(=O)OCc3ccc(Cl)cc3)cc2)cc1. The third-order valence-electron chi connectivity index (χ3n) is 6.44. The van der Waals surface area contributed by atoms with Crippen molar-refractivity contribution in [1.29, 1.82) is 0 Å². The molecular weight excluding hydrogens is 512 g/mol. The molecule has 0 bridgehead atoms. The molecule has 0 aromatic heterocycles. The lowest BCUT2D eigenvalue weighted by Crippen LogP contribution is -2.09. The van der Waals surface area contributed by atoms with Gasteiger partial charge in [0.2, 0.25) is 0 Å². The summed E-state index contributed by atoms with van der Waals surface area (Å²) in [6, 6.07) is 20.3. The largest absolute Gasteiger partial charge is 0.494 e. The Balaban J connectivity index is 1.32. The highest BCUT2D eigenvalue weighted by molar-refractivity contribution is 6.30. The van der Waals surface area contributed by atoms with Crippen molar-refractivity contribution in [3.63, 3.8) is 0 Å². The summed E-state index contributed by atoms with van der Waals surface area (Å²) in [7, 11) is 0. The van der Waals surface area contributed by atoms with E-state index in [1.54, 1.807) is 72.8 Å². The van der Waals surface area contributed by atoms with Gasteiger partial charge in [-0.25, -0.2) is 9.59 Å². The Hall–Kier alpha value is -3.31. The summed E-state index contributed by atoms with van der Waals surface area (Å²) in [4.78, 5) is 24.8. The average molecular weight is 551 g/mol. The van der Waals surface area contributed by atoms with Crippen LogP contribution in [-0.4, -0.2) is 18.5 Å². The lowest BCUT2D eigenvalue weighted by atomic mass is 10.1. The summed E-state index contributed by atoms with van der Waals surface area (Å²) in [6.45, 7) is 3.07. The van der Waals surface area contributed by atoms with Gasteiger partial charge in [0.1, 0.15) is 18.1 Å². The fraction of sp³-hybridized carbons (Fsp3) is 0.394. The van der Waals surface area contributed by atoms with Gasteiger partial charge < -0.3 is 14.2 Å². The molecule has 0 radical (unpaired) electrons. The second-order valence-corrected chi connectivity index (χ2v) is 10.1. The minimum atomic E-state index is -0.477. The third-order valence-corrected chi connectivity index (χ3v) is 6.69. The molecular formula is C33H39ClO5. The van der Waals surface area contributed by atoms with E-state index in [1.165, 1.54) is 57.8 Å². The van der Waals surface area contributed by atoms with Crippen molar-refractivity contribution in [2.45, 2.75) is 77.7 Å². The maximum Gasteiger partial charge on any atom is 0.343 e. The van der Waals surface area contributed by atoms with Crippen LogP contribution in [0.5, 0.6) is 11.5 Å². The number of carbonyl (C=O) groups is 2. The Morgan fingerprint density at radius 1 is 0.615 bits per heavy atom. The minimum Gasteiger partial charge on any atom is -0.494 e. The van der Waals surface area contributed by atoms with Crippen LogP contribution in [-0.2, 0) is 11.3 Å². The van der Waals surface area contributed by atoms with Crippen LogP contribution < -0.4 is 9.47 Å². The van der Waals surface area contributed by atoms with Gasteiger partial charge in [0.25, 0.3) is 0 Å². The van der Waals surface area contributed by atoms with E-state index >= 15 is 0 Å². The molecule has 0 saturated carbocycles. The van der Waals surface area contributed by atoms with Crippen LogP contribution in [0.2, 0.25) is 5.02 Å². The van der Waals surface area contributed by atoms with Crippen molar-refractivity contribution in [3.05, 3.63) is 94.5 Å². The average Bonchev–Trinajstić information content (AvgIpc) is 2.96. The highest BCUT2D eigenvalue weighted by Crippen LogP contribution is 2.18. The molecule has 0 unspecified atom stereocenters. The lowest BCUT2D eigenvalue weighted by molar-refractivity contribution is 0.0472. The van der Waals surface area contributed by atoms with Crippen LogP contribution in [0.3, 0.4) is 0 Å². The summed E-state index contributed by atoms with van der Waals surface area (Å²) in [6.07, 6.45) is 12.9. The van der Waals surface area contributed by atoms with E-state index in [1.807, 2.05) is 0 Å². The number of unbranched alkanes of at least 4 members (excludes halogenated alkanes) is 9. The number of rotatable bonds is 17. The molecule has 3 aromatic rings. The van der Waals surface area contributed by atoms with Crippen LogP contribution >= 0.6 is 11.6 Å². The summed E-state index contributed by atoms with van der Waals surface area (Å²) in [5.74, 6) is 0.144. The van der Waals surface area contributed by atoms with E-state index in [0.29, 0.717) is 28.5 Å². The molecule has 0 heterocycles. The third kappa shape index (κ3) is 11.5. The van der Waals surface area contributed by atoms with Crippen LogP contribution in [0.25, 0.3) is 0 Å². The lowest BCUT2D eigenvalue weighted by Gasteiger charge is -2.08. The molecule has 0 spiro atoms. The normalized spacial score (nSPS) is 10.7. The zero-order chi connectivity index (χ0) is 27.7. The number of hydrogen-bond donors (Lipinski definition) is 0. The number of benzene rings is 3. The van der Waals surface area contributed by atoms with E-state index in [9.17, 15) is 9.59 Å². The zero-order valence-electron chi connectivity index (χ0n) is 22.8.